The van der Waals surface area contributed by atoms with Crippen molar-refractivity contribution in [2.24, 2.45) is 5.92 Å². The Morgan fingerprint density at radius 3 is 2.16 bits per heavy atom. The molecule has 2 fully saturated rings. The molecule has 0 aliphatic carbocycles. The van der Waals surface area contributed by atoms with Gasteiger partial charge < -0.3 is 9.84 Å². The van der Waals surface area contributed by atoms with Crippen LogP contribution >= 0.6 is 0 Å². The molecule has 0 saturated carbocycles. The molecule has 3 atom stereocenters. The molecule has 2 saturated heterocycles. The molecule has 2 aliphatic heterocycles. The number of hydroxylamine groups is 1. The van der Waals surface area contributed by atoms with Gasteiger partial charge in [-0.3, -0.25) is 14.4 Å². The van der Waals surface area contributed by atoms with Crippen LogP contribution < -0.4 is 14.7 Å². The van der Waals surface area contributed by atoms with Crippen LogP contribution in [-0.2, 0) is 14.4 Å². The molecule has 7 heteroatoms. The van der Waals surface area contributed by atoms with E-state index in [4.69, 9.17) is 9.57 Å². The molecule has 5 rings (SSSR count). The number of hydrogen-bond donors (Lipinski definition) is 1. The first-order chi connectivity index (χ1) is 15.1. The lowest BCUT2D eigenvalue weighted by molar-refractivity contribution is -0.126. The number of nitrogens with zero attached hydrogens (tertiary/aromatic N) is 2. The molecular weight excluding hydrogens is 396 g/mol. The number of ether oxygens (including phenoxy) is 1. The van der Waals surface area contributed by atoms with Crippen molar-refractivity contribution in [1.82, 2.24) is 0 Å². The van der Waals surface area contributed by atoms with Crippen LogP contribution in [0.4, 0.5) is 11.4 Å². The highest BCUT2D eigenvalue weighted by atomic mass is 16.7. The molecule has 2 amide bonds. The van der Waals surface area contributed by atoms with Crippen molar-refractivity contribution in [1.29, 1.82) is 0 Å². The van der Waals surface area contributed by atoms with Crippen LogP contribution in [0, 0.1) is 5.92 Å². The van der Waals surface area contributed by atoms with E-state index in [1.807, 2.05) is 36.4 Å². The SMILES string of the molecule is COc1cc([C@@H]2[C@@H]3C(=O)N(c4ccccc4)C(=O)[C@H]3ON2c2ccccc2)ccc1O. The van der Waals surface area contributed by atoms with Gasteiger partial charge in [-0.25, -0.2) is 9.96 Å². The number of phenolic OH excluding ortho intramolecular Hbond substituents is 1. The normalized spacial score (nSPS) is 22.7. The third kappa shape index (κ3) is 3.02. The van der Waals surface area contributed by atoms with E-state index in [1.54, 1.807) is 41.5 Å². The van der Waals surface area contributed by atoms with Crippen LogP contribution in [0.5, 0.6) is 11.5 Å². The number of benzene rings is 3. The number of para-hydroxylation sites is 2. The van der Waals surface area contributed by atoms with Crippen molar-refractivity contribution >= 4 is 23.2 Å². The molecule has 0 aromatic heterocycles. The molecule has 31 heavy (non-hydrogen) atoms. The smallest absolute Gasteiger partial charge is 0.266 e. The number of carbonyl (C=O) groups is 2. The summed E-state index contributed by atoms with van der Waals surface area (Å²) in [4.78, 5) is 34.0. The van der Waals surface area contributed by atoms with Crippen LogP contribution in [0.3, 0.4) is 0 Å². The van der Waals surface area contributed by atoms with Crippen molar-refractivity contribution in [3.05, 3.63) is 84.4 Å². The van der Waals surface area contributed by atoms with Crippen LogP contribution in [0.15, 0.2) is 78.9 Å². The molecule has 0 spiro atoms. The zero-order valence-corrected chi connectivity index (χ0v) is 16.7. The van der Waals surface area contributed by atoms with Gasteiger partial charge in [0.25, 0.3) is 5.91 Å². The second-order valence-electron chi connectivity index (χ2n) is 7.44. The molecule has 0 radical (unpaired) electrons. The van der Waals surface area contributed by atoms with Gasteiger partial charge in [0.1, 0.15) is 5.92 Å². The Bertz CT molecular complexity index is 1140. The largest absolute Gasteiger partial charge is 0.504 e. The van der Waals surface area contributed by atoms with Crippen molar-refractivity contribution in [2.75, 3.05) is 17.1 Å². The van der Waals surface area contributed by atoms with Gasteiger partial charge in [-0.05, 0) is 42.0 Å². The van der Waals surface area contributed by atoms with Crippen molar-refractivity contribution < 1.29 is 24.3 Å². The maximum atomic E-state index is 13.5. The van der Waals surface area contributed by atoms with Crippen molar-refractivity contribution in [3.63, 3.8) is 0 Å². The fraction of sp³-hybridized carbons (Fsp3) is 0.167. The summed E-state index contributed by atoms with van der Waals surface area (Å²) < 4.78 is 5.26. The molecule has 2 aliphatic rings. The van der Waals surface area contributed by atoms with Gasteiger partial charge >= 0.3 is 0 Å². The van der Waals surface area contributed by atoms with E-state index < -0.39 is 24.0 Å². The fourth-order valence-electron chi connectivity index (χ4n) is 4.26. The second kappa shape index (κ2) is 7.45. The molecule has 3 aromatic carbocycles. The van der Waals surface area contributed by atoms with Gasteiger partial charge in [0.15, 0.2) is 17.6 Å². The summed E-state index contributed by atoms with van der Waals surface area (Å²) >= 11 is 0. The minimum absolute atomic E-state index is 0.00675. The zero-order chi connectivity index (χ0) is 21.5. The van der Waals surface area contributed by atoms with E-state index in [9.17, 15) is 14.7 Å². The highest BCUT2D eigenvalue weighted by Gasteiger charge is 2.60. The summed E-state index contributed by atoms with van der Waals surface area (Å²) in [7, 11) is 1.46. The standard InChI is InChI=1S/C24H20N2O5/c1-30-19-14-15(12-13-18(19)27)21-20-22(31-26(21)17-10-6-3-7-11-17)24(29)25(23(20)28)16-8-4-2-5-9-16/h2-14,20-22,27H,1H3/t20-,21+,22-/m0/s1. The lowest BCUT2D eigenvalue weighted by Gasteiger charge is -2.29. The number of fused-ring (bicyclic) bond motifs is 1. The van der Waals surface area contributed by atoms with E-state index in [2.05, 4.69) is 0 Å². The highest BCUT2D eigenvalue weighted by molar-refractivity contribution is 6.23. The van der Waals surface area contributed by atoms with Crippen LogP contribution in [0.2, 0.25) is 0 Å². The minimum Gasteiger partial charge on any atom is -0.504 e. The van der Waals surface area contributed by atoms with E-state index >= 15 is 0 Å². The quantitative estimate of drug-likeness (QED) is 0.657. The molecule has 1 N–H and O–H groups in total. The molecule has 0 bridgehead atoms. The van der Waals surface area contributed by atoms with Gasteiger partial charge in [-0.15, -0.1) is 0 Å². The summed E-state index contributed by atoms with van der Waals surface area (Å²) in [6, 6.07) is 22.5. The van der Waals surface area contributed by atoms with Crippen molar-refractivity contribution in [3.8, 4) is 11.5 Å². The van der Waals surface area contributed by atoms with Gasteiger partial charge in [-0.1, -0.05) is 42.5 Å². The molecule has 0 unspecified atom stereocenters. The van der Waals surface area contributed by atoms with Crippen molar-refractivity contribution in [2.45, 2.75) is 12.1 Å². The maximum absolute atomic E-state index is 13.5. The first-order valence-corrected chi connectivity index (χ1v) is 9.91. The Kier molecular flexibility index (Phi) is 4.60. The highest BCUT2D eigenvalue weighted by Crippen LogP contribution is 2.48. The van der Waals surface area contributed by atoms with Gasteiger partial charge in [0.05, 0.1) is 24.5 Å². The first-order valence-electron chi connectivity index (χ1n) is 9.91. The van der Waals surface area contributed by atoms with E-state index in [1.165, 1.54) is 18.1 Å². The summed E-state index contributed by atoms with van der Waals surface area (Å²) in [5.41, 5.74) is 1.94. The van der Waals surface area contributed by atoms with Crippen LogP contribution in [0.25, 0.3) is 0 Å². The van der Waals surface area contributed by atoms with Crippen LogP contribution in [-0.4, -0.2) is 30.1 Å². The van der Waals surface area contributed by atoms with E-state index in [0.717, 1.165) is 5.69 Å². The number of hydrogen-bond acceptors (Lipinski definition) is 6. The Morgan fingerprint density at radius 1 is 0.871 bits per heavy atom. The number of imide groups is 1. The maximum Gasteiger partial charge on any atom is 0.266 e. The summed E-state index contributed by atoms with van der Waals surface area (Å²) in [6.45, 7) is 0. The third-order valence-electron chi connectivity index (χ3n) is 5.69. The number of rotatable bonds is 4. The average Bonchev–Trinajstić information content (AvgIpc) is 3.31. The number of anilines is 2. The average molecular weight is 416 g/mol. The molecular formula is C24H20N2O5. The fourth-order valence-corrected chi connectivity index (χ4v) is 4.26. The van der Waals surface area contributed by atoms with Gasteiger partial charge in [-0.2, -0.15) is 0 Å². The zero-order valence-electron chi connectivity index (χ0n) is 16.7. The molecule has 7 nitrogen and oxygen atoms in total. The molecule has 3 aromatic rings. The Hall–Kier alpha value is -3.84. The predicted octanol–water partition coefficient (Wildman–Crippen LogP) is 3.45. The van der Waals surface area contributed by atoms with Gasteiger partial charge in [0, 0.05) is 0 Å². The third-order valence-corrected chi connectivity index (χ3v) is 5.69. The Labute approximate surface area is 179 Å². The first kappa shape index (κ1) is 19.1. The van der Waals surface area contributed by atoms with E-state index in [0.29, 0.717) is 11.3 Å². The second-order valence-corrected chi connectivity index (χ2v) is 7.44. The number of phenols is 1. The lowest BCUT2D eigenvalue weighted by Crippen LogP contribution is -2.37. The number of methoxy groups -OCH3 is 1. The molecule has 2 heterocycles. The number of aromatic hydroxyl groups is 1. The minimum atomic E-state index is -0.947. The van der Waals surface area contributed by atoms with E-state index in [-0.39, 0.29) is 17.4 Å². The Morgan fingerprint density at radius 2 is 1.52 bits per heavy atom. The number of carbonyl (C=O) groups excluding carboxylic acids is 2. The Balaban J connectivity index is 1.61. The summed E-state index contributed by atoms with van der Waals surface area (Å²) in [6.07, 6.45) is -0.947. The lowest BCUT2D eigenvalue weighted by atomic mass is 9.90. The summed E-state index contributed by atoms with van der Waals surface area (Å²) in [5.74, 6) is -1.19. The number of amides is 2. The van der Waals surface area contributed by atoms with Gasteiger partial charge in [0.2, 0.25) is 5.91 Å². The predicted molar refractivity (Wildman–Crippen MR) is 114 cm³/mol. The topological polar surface area (TPSA) is 79.3 Å². The van der Waals surface area contributed by atoms with Crippen LogP contribution in [0.1, 0.15) is 11.6 Å². The monoisotopic (exact) mass is 416 g/mol. The molecule has 156 valence electrons. The summed E-state index contributed by atoms with van der Waals surface area (Å²) in [5, 5.41) is 11.6.